The number of anilines is 1. The van der Waals surface area contributed by atoms with Gasteiger partial charge in [0.05, 0.1) is 17.6 Å². The van der Waals surface area contributed by atoms with Gasteiger partial charge < -0.3 is 15.5 Å². The second-order valence-electron chi connectivity index (χ2n) is 3.98. The average molecular weight is 235 g/mol. The van der Waals surface area contributed by atoms with Gasteiger partial charge in [-0.25, -0.2) is 9.97 Å². The van der Waals surface area contributed by atoms with Crippen LogP contribution in [0.4, 0.5) is 5.69 Å². The van der Waals surface area contributed by atoms with Crippen molar-refractivity contribution >= 4 is 11.6 Å². The number of hydrogen-bond donors (Lipinski definition) is 2. The van der Waals surface area contributed by atoms with Gasteiger partial charge in [0, 0.05) is 33.2 Å². The van der Waals surface area contributed by atoms with Gasteiger partial charge in [0.15, 0.2) is 0 Å². The van der Waals surface area contributed by atoms with Crippen molar-refractivity contribution in [1.29, 1.82) is 0 Å². The smallest absolute Gasteiger partial charge is 0.288 e. The summed E-state index contributed by atoms with van der Waals surface area (Å²) < 4.78 is 0. The van der Waals surface area contributed by atoms with Crippen LogP contribution in [-0.2, 0) is 0 Å². The number of nitrogens with zero attached hydrogens (tertiary/aromatic N) is 3. The molecule has 0 atom stereocenters. The van der Waals surface area contributed by atoms with Crippen LogP contribution >= 0.6 is 0 Å². The SMILES string of the molecule is CNC(=O)c1ncc(N2CCNCC2)c(C)n1. The quantitative estimate of drug-likeness (QED) is 0.727. The van der Waals surface area contributed by atoms with E-state index in [0.29, 0.717) is 0 Å². The highest BCUT2D eigenvalue weighted by molar-refractivity contribution is 5.90. The summed E-state index contributed by atoms with van der Waals surface area (Å²) >= 11 is 0. The number of carbonyl (C=O) groups excluding carboxylic acids is 1. The molecule has 1 aliphatic heterocycles. The van der Waals surface area contributed by atoms with Crippen molar-refractivity contribution in [3.63, 3.8) is 0 Å². The Morgan fingerprint density at radius 3 is 2.76 bits per heavy atom. The van der Waals surface area contributed by atoms with Gasteiger partial charge in [-0.1, -0.05) is 0 Å². The van der Waals surface area contributed by atoms with Crippen LogP contribution in [0.2, 0.25) is 0 Å². The van der Waals surface area contributed by atoms with Crippen molar-refractivity contribution in [1.82, 2.24) is 20.6 Å². The normalized spacial score (nSPS) is 15.8. The van der Waals surface area contributed by atoms with Crippen LogP contribution < -0.4 is 15.5 Å². The van der Waals surface area contributed by atoms with Crippen molar-refractivity contribution in [3.05, 3.63) is 17.7 Å². The number of aryl methyl sites for hydroxylation is 1. The van der Waals surface area contributed by atoms with Gasteiger partial charge in [-0.05, 0) is 6.92 Å². The zero-order valence-corrected chi connectivity index (χ0v) is 10.2. The maximum absolute atomic E-state index is 11.4. The average Bonchev–Trinajstić information content (AvgIpc) is 2.38. The topological polar surface area (TPSA) is 70.2 Å². The van der Waals surface area contributed by atoms with Crippen LogP contribution in [0.5, 0.6) is 0 Å². The second-order valence-corrected chi connectivity index (χ2v) is 3.98. The lowest BCUT2D eigenvalue weighted by atomic mass is 10.2. The molecule has 0 aromatic carbocycles. The monoisotopic (exact) mass is 235 g/mol. The van der Waals surface area contributed by atoms with E-state index in [1.165, 1.54) is 0 Å². The highest BCUT2D eigenvalue weighted by atomic mass is 16.2. The third kappa shape index (κ3) is 2.52. The number of hydrogen-bond acceptors (Lipinski definition) is 5. The predicted octanol–water partition coefficient (Wildman–Crippen LogP) is -0.446. The molecule has 6 nitrogen and oxygen atoms in total. The fraction of sp³-hybridized carbons (Fsp3) is 0.545. The van der Waals surface area contributed by atoms with Crippen molar-refractivity contribution in [2.45, 2.75) is 6.92 Å². The van der Waals surface area contributed by atoms with Crippen LogP contribution in [0.15, 0.2) is 6.20 Å². The fourth-order valence-corrected chi connectivity index (χ4v) is 1.90. The zero-order valence-electron chi connectivity index (χ0n) is 10.2. The molecule has 2 rings (SSSR count). The van der Waals surface area contributed by atoms with E-state index < -0.39 is 0 Å². The maximum atomic E-state index is 11.4. The molecule has 2 N–H and O–H groups in total. The summed E-state index contributed by atoms with van der Waals surface area (Å²) in [4.78, 5) is 22.0. The summed E-state index contributed by atoms with van der Waals surface area (Å²) in [6, 6.07) is 0. The summed E-state index contributed by atoms with van der Waals surface area (Å²) in [5.41, 5.74) is 1.86. The van der Waals surface area contributed by atoms with E-state index in [9.17, 15) is 4.79 Å². The van der Waals surface area contributed by atoms with E-state index in [0.717, 1.165) is 37.6 Å². The largest absolute Gasteiger partial charge is 0.366 e. The molecule has 0 spiro atoms. The maximum Gasteiger partial charge on any atom is 0.288 e. The van der Waals surface area contributed by atoms with Gasteiger partial charge in [0.2, 0.25) is 5.82 Å². The van der Waals surface area contributed by atoms with Crippen LogP contribution in [0, 0.1) is 6.92 Å². The highest BCUT2D eigenvalue weighted by Gasteiger charge is 2.15. The van der Waals surface area contributed by atoms with Crippen molar-refractivity contribution in [2.24, 2.45) is 0 Å². The summed E-state index contributed by atoms with van der Waals surface area (Å²) in [6.45, 7) is 5.74. The Morgan fingerprint density at radius 2 is 2.18 bits per heavy atom. The first kappa shape index (κ1) is 11.8. The van der Waals surface area contributed by atoms with E-state index in [4.69, 9.17) is 0 Å². The fourth-order valence-electron chi connectivity index (χ4n) is 1.90. The molecule has 1 aliphatic rings. The first-order chi connectivity index (χ1) is 8.22. The standard InChI is InChI=1S/C11H17N5O/c1-8-9(16-5-3-13-4-6-16)7-14-10(15-8)11(17)12-2/h7,13H,3-6H2,1-2H3,(H,12,17). The minimum Gasteiger partial charge on any atom is -0.366 e. The summed E-state index contributed by atoms with van der Waals surface area (Å²) in [5.74, 6) is -0.0242. The van der Waals surface area contributed by atoms with Gasteiger partial charge in [-0.2, -0.15) is 0 Å². The van der Waals surface area contributed by atoms with Crippen LogP contribution in [-0.4, -0.2) is 49.1 Å². The molecule has 92 valence electrons. The summed E-state index contributed by atoms with van der Waals surface area (Å²) in [7, 11) is 1.57. The third-order valence-corrected chi connectivity index (χ3v) is 2.84. The molecular formula is C11H17N5O. The van der Waals surface area contributed by atoms with E-state index in [2.05, 4.69) is 25.5 Å². The zero-order chi connectivity index (χ0) is 12.3. The predicted molar refractivity (Wildman–Crippen MR) is 65.2 cm³/mol. The van der Waals surface area contributed by atoms with E-state index >= 15 is 0 Å². The van der Waals surface area contributed by atoms with Gasteiger partial charge >= 0.3 is 0 Å². The summed E-state index contributed by atoms with van der Waals surface area (Å²) in [6.07, 6.45) is 1.73. The minimum absolute atomic E-state index is 0.226. The molecule has 1 fully saturated rings. The lowest BCUT2D eigenvalue weighted by Gasteiger charge is -2.29. The first-order valence-electron chi connectivity index (χ1n) is 5.73. The highest BCUT2D eigenvalue weighted by Crippen LogP contribution is 2.17. The molecule has 1 amide bonds. The Labute approximate surface area is 100 Å². The Morgan fingerprint density at radius 1 is 1.47 bits per heavy atom. The van der Waals surface area contributed by atoms with E-state index in [1.807, 2.05) is 6.92 Å². The van der Waals surface area contributed by atoms with Crippen LogP contribution in [0.25, 0.3) is 0 Å². The molecular weight excluding hydrogens is 218 g/mol. The van der Waals surface area contributed by atoms with Gasteiger partial charge in [0.1, 0.15) is 0 Å². The minimum atomic E-state index is -0.250. The number of carbonyl (C=O) groups is 1. The van der Waals surface area contributed by atoms with Crippen LogP contribution in [0.3, 0.4) is 0 Å². The Kier molecular flexibility index (Phi) is 3.53. The second kappa shape index (κ2) is 5.09. The Bertz CT molecular complexity index is 414. The Balaban J connectivity index is 2.21. The van der Waals surface area contributed by atoms with Gasteiger partial charge in [0.25, 0.3) is 5.91 Å². The third-order valence-electron chi connectivity index (χ3n) is 2.84. The lowest BCUT2D eigenvalue weighted by Crippen LogP contribution is -2.44. The molecule has 0 radical (unpaired) electrons. The van der Waals surface area contributed by atoms with E-state index in [1.54, 1.807) is 13.2 Å². The molecule has 2 heterocycles. The number of aromatic nitrogens is 2. The Hall–Kier alpha value is -1.69. The number of piperazine rings is 1. The van der Waals surface area contributed by atoms with E-state index in [-0.39, 0.29) is 11.7 Å². The van der Waals surface area contributed by atoms with Gasteiger partial charge in [-0.15, -0.1) is 0 Å². The van der Waals surface area contributed by atoms with Crippen molar-refractivity contribution in [2.75, 3.05) is 38.1 Å². The molecule has 0 aliphatic carbocycles. The van der Waals surface area contributed by atoms with Gasteiger partial charge in [-0.3, -0.25) is 4.79 Å². The molecule has 1 saturated heterocycles. The van der Waals surface area contributed by atoms with Crippen molar-refractivity contribution < 1.29 is 4.79 Å². The lowest BCUT2D eigenvalue weighted by molar-refractivity contribution is 0.0952. The molecule has 0 bridgehead atoms. The summed E-state index contributed by atoms with van der Waals surface area (Å²) in [5, 5.41) is 5.82. The number of nitrogens with one attached hydrogen (secondary N) is 2. The molecule has 1 aromatic heterocycles. The molecule has 6 heteroatoms. The number of amides is 1. The number of rotatable bonds is 2. The van der Waals surface area contributed by atoms with Crippen LogP contribution in [0.1, 0.15) is 16.3 Å². The molecule has 0 saturated carbocycles. The molecule has 0 unspecified atom stereocenters. The molecule has 17 heavy (non-hydrogen) atoms. The first-order valence-corrected chi connectivity index (χ1v) is 5.73. The molecule has 1 aromatic rings. The van der Waals surface area contributed by atoms with Crippen molar-refractivity contribution in [3.8, 4) is 0 Å².